The Morgan fingerprint density at radius 1 is 1.15 bits per heavy atom. The number of rotatable bonds is 4. The third kappa shape index (κ3) is 4.83. The van der Waals surface area contributed by atoms with Crippen LogP contribution in [0.15, 0.2) is 23.8 Å². The first-order valence-corrected chi connectivity index (χ1v) is 7.11. The second-order valence-electron chi connectivity index (χ2n) is 5.71. The van der Waals surface area contributed by atoms with Gasteiger partial charge in [-0.25, -0.2) is 4.79 Å². The Morgan fingerprint density at radius 3 is 2.30 bits per heavy atom. The highest BCUT2D eigenvalue weighted by Crippen LogP contribution is 2.27. The van der Waals surface area contributed by atoms with Crippen LogP contribution in [0.3, 0.4) is 0 Å². The number of allylic oxidation sites excluding steroid dienone is 3. The molecule has 0 amide bonds. The van der Waals surface area contributed by atoms with Gasteiger partial charge >= 0.3 is 11.9 Å². The quantitative estimate of drug-likeness (QED) is 0.743. The van der Waals surface area contributed by atoms with Crippen LogP contribution in [0, 0.1) is 11.8 Å². The molecule has 0 N–H and O–H groups in total. The molecule has 1 aliphatic carbocycles. The van der Waals surface area contributed by atoms with E-state index in [4.69, 9.17) is 9.47 Å². The first-order valence-electron chi connectivity index (χ1n) is 7.11. The van der Waals surface area contributed by atoms with Gasteiger partial charge in [0.15, 0.2) is 0 Å². The third-order valence-corrected chi connectivity index (χ3v) is 2.91. The van der Waals surface area contributed by atoms with Crippen LogP contribution in [-0.4, -0.2) is 24.1 Å². The van der Waals surface area contributed by atoms with Crippen molar-refractivity contribution in [1.29, 1.82) is 0 Å². The minimum atomic E-state index is -0.561. The minimum Gasteiger partial charge on any atom is -0.463 e. The summed E-state index contributed by atoms with van der Waals surface area (Å²) in [5, 5.41) is 0. The molecule has 0 aliphatic heterocycles. The predicted molar refractivity (Wildman–Crippen MR) is 77.0 cm³/mol. The van der Waals surface area contributed by atoms with Gasteiger partial charge in [0.05, 0.1) is 23.7 Å². The highest BCUT2D eigenvalue weighted by Gasteiger charge is 2.32. The van der Waals surface area contributed by atoms with Crippen LogP contribution in [0.5, 0.6) is 0 Å². The van der Waals surface area contributed by atoms with Gasteiger partial charge in [0.25, 0.3) is 0 Å². The van der Waals surface area contributed by atoms with Crippen LogP contribution in [-0.2, 0) is 19.1 Å². The maximum absolute atomic E-state index is 12.2. The summed E-state index contributed by atoms with van der Waals surface area (Å²) in [4.78, 5) is 24.3. The number of carbonyl (C=O) groups excluding carboxylic acids is 2. The van der Waals surface area contributed by atoms with E-state index in [0.29, 0.717) is 12.0 Å². The summed E-state index contributed by atoms with van der Waals surface area (Å²) in [6.07, 6.45) is 5.60. The van der Waals surface area contributed by atoms with Gasteiger partial charge in [-0.05, 0) is 40.0 Å². The Balaban J connectivity index is 2.95. The number of hydrogen-bond donors (Lipinski definition) is 0. The molecular weight excluding hydrogens is 256 g/mol. The largest absolute Gasteiger partial charge is 0.463 e. The van der Waals surface area contributed by atoms with Gasteiger partial charge in [0, 0.05) is 0 Å². The molecule has 1 aliphatic rings. The van der Waals surface area contributed by atoms with Gasteiger partial charge in [-0.3, -0.25) is 4.79 Å². The van der Waals surface area contributed by atoms with E-state index in [1.165, 1.54) is 0 Å². The van der Waals surface area contributed by atoms with E-state index in [9.17, 15) is 9.59 Å². The van der Waals surface area contributed by atoms with Crippen LogP contribution in [0.25, 0.3) is 0 Å². The molecule has 0 spiro atoms. The average Bonchev–Trinajstić information content (AvgIpc) is 2.49. The highest BCUT2D eigenvalue weighted by molar-refractivity contribution is 5.96. The molecule has 4 heteroatoms. The molecule has 0 aromatic heterocycles. The van der Waals surface area contributed by atoms with Crippen LogP contribution in [0.2, 0.25) is 0 Å². The Hall–Kier alpha value is -1.58. The van der Waals surface area contributed by atoms with Gasteiger partial charge in [0.1, 0.15) is 0 Å². The van der Waals surface area contributed by atoms with Crippen molar-refractivity contribution in [2.75, 3.05) is 0 Å². The van der Waals surface area contributed by atoms with Crippen molar-refractivity contribution in [2.45, 2.75) is 53.2 Å². The average molecular weight is 280 g/mol. The molecule has 0 radical (unpaired) electrons. The highest BCUT2D eigenvalue weighted by atomic mass is 16.5. The minimum absolute atomic E-state index is 0.198. The van der Waals surface area contributed by atoms with Gasteiger partial charge in [-0.1, -0.05) is 25.2 Å². The summed E-state index contributed by atoms with van der Waals surface area (Å²) in [6, 6.07) is 0. The predicted octanol–water partition coefficient (Wildman–Crippen LogP) is 3.03. The van der Waals surface area contributed by atoms with E-state index in [-0.39, 0.29) is 24.1 Å². The van der Waals surface area contributed by atoms with Crippen molar-refractivity contribution >= 4 is 11.9 Å². The van der Waals surface area contributed by atoms with Gasteiger partial charge < -0.3 is 9.47 Å². The van der Waals surface area contributed by atoms with E-state index in [2.05, 4.69) is 0 Å². The van der Waals surface area contributed by atoms with E-state index >= 15 is 0 Å². The monoisotopic (exact) mass is 280 g/mol. The van der Waals surface area contributed by atoms with Crippen molar-refractivity contribution in [3.8, 4) is 0 Å². The fourth-order valence-corrected chi connectivity index (χ4v) is 2.07. The maximum Gasteiger partial charge on any atom is 0.335 e. The summed E-state index contributed by atoms with van der Waals surface area (Å²) in [5.41, 5.74) is 0.380. The lowest BCUT2D eigenvalue weighted by atomic mass is 9.91. The van der Waals surface area contributed by atoms with Crippen molar-refractivity contribution in [3.05, 3.63) is 23.8 Å². The third-order valence-electron chi connectivity index (χ3n) is 2.91. The Kier molecular flexibility index (Phi) is 5.99. The smallest absolute Gasteiger partial charge is 0.335 e. The zero-order valence-electron chi connectivity index (χ0n) is 12.9. The van der Waals surface area contributed by atoms with E-state index in [1.807, 2.05) is 19.1 Å². The summed E-state index contributed by atoms with van der Waals surface area (Å²) in [6.45, 7) is 9.18. The Labute approximate surface area is 120 Å². The molecule has 0 bridgehead atoms. The molecule has 0 fully saturated rings. The maximum atomic E-state index is 12.2. The molecule has 0 saturated heterocycles. The van der Waals surface area contributed by atoms with Crippen LogP contribution in [0.1, 0.15) is 41.0 Å². The van der Waals surface area contributed by atoms with Crippen LogP contribution >= 0.6 is 0 Å². The zero-order chi connectivity index (χ0) is 15.3. The van der Waals surface area contributed by atoms with Crippen molar-refractivity contribution in [3.63, 3.8) is 0 Å². The molecule has 4 nitrogen and oxygen atoms in total. The lowest BCUT2D eigenvalue weighted by Crippen LogP contribution is -2.28. The summed E-state index contributed by atoms with van der Waals surface area (Å²) in [5.74, 6) is -1.15. The number of hydrogen-bond acceptors (Lipinski definition) is 4. The fraction of sp³-hybridized carbons (Fsp3) is 0.625. The van der Waals surface area contributed by atoms with Gasteiger partial charge in [-0.15, -0.1) is 0 Å². The molecule has 112 valence electrons. The number of carbonyl (C=O) groups is 2. The molecule has 0 aromatic carbocycles. The molecular formula is C16H24O4. The summed E-state index contributed by atoms with van der Waals surface area (Å²) < 4.78 is 10.5. The molecule has 0 saturated carbocycles. The first kappa shape index (κ1) is 16.5. The summed E-state index contributed by atoms with van der Waals surface area (Å²) >= 11 is 0. The van der Waals surface area contributed by atoms with Crippen molar-refractivity contribution in [2.24, 2.45) is 11.8 Å². The SMILES string of the molecule is CC1C=CC=C(C(=O)OC(C)C)C(C(=O)OC(C)C)C1. The van der Waals surface area contributed by atoms with Gasteiger partial charge in [0.2, 0.25) is 0 Å². The molecule has 2 unspecified atom stereocenters. The van der Waals surface area contributed by atoms with Crippen molar-refractivity contribution < 1.29 is 19.1 Å². The van der Waals surface area contributed by atoms with Crippen LogP contribution < -0.4 is 0 Å². The van der Waals surface area contributed by atoms with E-state index in [0.717, 1.165) is 0 Å². The lowest BCUT2D eigenvalue weighted by molar-refractivity contribution is -0.155. The second kappa shape index (κ2) is 7.27. The Morgan fingerprint density at radius 2 is 1.75 bits per heavy atom. The number of ether oxygens (including phenoxy) is 2. The summed E-state index contributed by atoms with van der Waals surface area (Å²) in [7, 11) is 0. The zero-order valence-corrected chi connectivity index (χ0v) is 12.9. The Bertz CT molecular complexity index is 418. The molecule has 20 heavy (non-hydrogen) atoms. The first-order chi connectivity index (χ1) is 9.31. The fourth-order valence-electron chi connectivity index (χ4n) is 2.07. The number of esters is 2. The van der Waals surface area contributed by atoms with Crippen LogP contribution in [0.4, 0.5) is 0 Å². The second-order valence-corrected chi connectivity index (χ2v) is 5.71. The molecule has 2 atom stereocenters. The van der Waals surface area contributed by atoms with Gasteiger partial charge in [-0.2, -0.15) is 0 Å². The normalized spacial score (nSPS) is 22.4. The lowest BCUT2D eigenvalue weighted by Gasteiger charge is -2.21. The topological polar surface area (TPSA) is 52.6 Å². The molecule has 0 aromatic rings. The molecule has 1 rings (SSSR count). The van der Waals surface area contributed by atoms with E-state index < -0.39 is 11.9 Å². The van der Waals surface area contributed by atoms with Crippen molar-refractivity contribution in [1.82, 2.24) is 0 Å². The standard InChI is InChI=1S/C16H24O4/c1-10(2)19-15(17)13-8-6-7-12(5)9-14(13)16(18)20-11(3)4/h6-8,10-12,14H,9H2,1-5H3. The molecule has 0 heterocycles. The van der Waals surface area contributed by atoms with E-state index in [1.54, 1.807) is 33.8 Å².